The van der Waals surface area contributed by atoms with Crippen LogP contribution in [0, 0.1) is 18.8 Å². The lowest BCUT2D eigenvalue weighted by Gasteiger charge is -2.08. The van der Waals surface area contributed by atoms with Crippen LogP contribution in [0.25, 0.3) is 0 Å². The highest BCUT2D eigenvalue weighted by Gasteiger charge is 2.06. The molecule has 1 rings (SSSR count). The first-order chi connectivity index (χ1) is 6.63. The van der Waals surface area contributed by atoms with Crippen LogP contribution in [-0.2, 0) is 0 Å². The van der Waals surface area contributed by atoms with E-state index in [1.807, 2.05) is 19.1 Å². The van der Waals surface area contributed by atoms with Crippen molar-refractivity contribution in [2.75, 3.05) is 0 Å². The zero-order chi connectivity index (χ0) is 10.6. The predicted octanol–water partition coefficient (Wildman–Crippen LogP) is 3.10. The van der Waals surface area contributed by atoms with Gasteiger partial charge in [0.1, 0.15) is 0 Å². The van der Waals surface area contributed by atoms with Gasteiger partial charge in [0.2, 0.25) is 0 Å². The first-order valence-corrected chi connectivity index (χ1v) is 4.86. The summed E-state index contributed by atoms with van der Waals surface area (Å²) >= 11 is 5.88. The number of halogens is 1. The number of benzene rings is 1. The Balaban J connectivity index is 2.87. The third kappa shape index (κ3) is 3.06. The van der Waals surface area contributed by atoms with Gasteiger partial charge < -0.3 is 5.11 Å². The summed E-state index contributed by atoms with van der Waals surface area (Å²) in [6, 6.07) is 5.56. The smallest absolute Gasteiger partial charge is 0.0899 e. The Morgan fingerprint density at radius 2 is 2.14 bits per heavy atom. The topological polar surface area (TPSA) is 20.2 Å². The summed E-state index contributed by atoms with van der Waals surface area (Å²) < 4.78 is 0. The van der Waals surface area contributed by atoms with Gasteiger partial charge >= 0.3 is 0 Å². The maximum atomic E-state index is 9.74. The molecule has 0 fully saturated rings. The summed E-state index contributed by atoms with van der Waals surface area (Å²) in [6.45, 7) is 3.71. The third-order valence-electron chi connectivity index (χ3n) is 1.92. The second-order valence-electron chi connectivity index (χ2n) is 3.21. The van der Waals surface area contributed by atoms with Gasteiger partial charge in [0.15, 0.2) is 0 Å². The van der Waals surface area contributed by atoms with E-state index in [2.05, 4.69) is 11.8 Å². The van der Waals surface area contributed by atoms with E-state index < -0.39 is 6.10 Å². The fraction of sp³-hybridized carbons (Fsp3) is 0.333. The molecule has 2 heteroatoms. The first-order valence-electron chi connectivity index (χ1n) is 4.48. The van der Waals surface area contributed by atoms with Crippen LogP contribution in [0.2, 0.25) is 5.02 Å². The van der Waals surface area contributed by atoms with Crippen LogP contribution >= 0.6 is 11.6 Å². The molecule has 0 aliphatic heterocycles. The maximum absolute atomic E-state index is 9.74. The van der Waals surface area contributed by atoms with Crippen molar-refractivity contribution in [3.63, 3.8) is 0 Å². The molecule has 1 unspecified atom stereocenters. The van der Waals surface area contributed by atoms with Crippen LogP contribution in [0.5, 0.6) is 0 Å². The lowest BCUT2D eigenvalue weighted by atomic mass is 10.0. The molecule has 0 amide bonds. The van der Waals surface area contributed by atoms with Crippen molar-refractivity contribution in [1.82, 2.24) is 0 Å². The van der Waals surface area contributed by atoms with Gasteiger partial charge in [0, 0.05) is 11.4 Å². The van der Waals surface area contributed by atoms with Crippen molar-refractivity contribution >= 4 is 11.6 Å². The van der Waals surface area contributed by atoms with Gasteiger partial charge in [-0.3, -0.25) is 0 Å². The molecule has 0 aliphatic carbocycles. The van der Waals surface area contributed by atoms with Gasteiger partial charge in [-0.25, -0.2) is 0 Å². The Labute approximate surface area is 89.7 Å². The summed E-state index contributed by atoms with van der Waals surface area (Å²) in [6.07, 6.45) is -0.0872. The minimum absolute atomic E-state index is 0.455. The van der Waals surface area contributed by atoms with E-state index in [-0.39, 0.29) is 0 Å². The molecule has 14 heavy (non-hydrogen) atoms. The van der Waals surface area contributed by atoms with Crippen LogP contribution in [0.3, 0.4) is 0 Å². The fourth-order valence-electron chi connectivity index (χ4n) is 1.27. The molecular formula is C12H13ClO. The molecule has 0 aliphatic rings. The van der Waals surface area contributed by atoms with Gasteiger partial charge in [-0.15, -0.1) is 11.8 Å². The van der Waals surface area contributed by atoms with Crippen LogP contribution in [-0.4, -0.2) is 5.11 Å². The van der Waals surface area contributed by atoms with Crippen molar-refractivity contribution in [3.05, 3.63) is 34.3 Å². The maximum Gasteiger partial charge on any atom is 0.0899 e. The van der Waals surface area contributed by atoms with E-state index in [1.165, 1.54) is 0 Å². The molecule has 0 bridgehead atoms. The van der Waals surface area contributed by atoms with Gasteiger partial charge in [-0.1, -0.05) is 17.7 Å². The number of aryl methyl sites for hydroxylation is 1. The molecule has 74 valence electrons. The highest BCUT2D eigenvalue weighted by Crippen LogP contribution is 2.21. The second kappa shape index (κ2) is 5.05. The van der Waals surface area contributed by atoms with E-state index in [0.717, 1.165) is 11.1 Å². The highest BCUT2D eigenvalue weighted by atomic mass is 35.5. The van der Waals surface area contributed by atoms with Crippen LogP contribution in [0.15, 0.2) is 18.2 Å². The number of hydrogen-bond donors (Lipinski definition) is 1. The molecule has 0 saturated heterocycles. The number of rotatable bonds is 2. The third-order valence-corrected chi connectivity index (χ3v) is 2.14. The monoisotopic (exact) mass is 208 g/mol. The van der Waals surface area contributed by atoms with E-state index in [9.17, 15) is 5.11 Å². The zero-order valence-electron chi connectivity index (χ0n) is 8.34. The number of hydrogen-bond acceptors (Lipinski definition) is 1. The first kappa shape index (κ1) is 11.1. The summed E-state index contributed by atoms with van der Waals surface area (Å²) in [5.74, 6) is 5.60. The summed E-state index contributed by atoms with van der Waals surface area (Å²) in [5, 5.41) is 10.4. The molecule has 0 heterocycles. The Hall–Kier alpha value is -0.970. The molecule has 1 nitrogen and oxygen atoms in total. The Kier molecular flexibility index (Phi) is 4.00. The Bertz CT molecular complexity index is 353. The number of aliphatic hydroxyl groups excluding tert-OH is 1. The molecule has 0 radical (unpaired) electrons. The zero-order valence-corrected chi connectivity index (χ0v) is 9.10. The molecule has 0 aromatic heterocycles. The molecule has 1 aromatic carbocycles. The molecular weight excluding hydrogens is 196 g/mol. The molecule has 1 atom stereocenters. The SMILES string of the molecule is CC#CCC(O)c1cc(C)cc(Cl)c1. The summed E-state index contributed by atoms with van der Waals surface area (Å²) in [4.78, 5) is 0. The fourth-order valence-corrected chi connectivity index (χ4v) is 1.57. The Morgan fingerprint density at radius 3 is 2.71 bits per heavy atom. The van der Waals surface area contributed by atoms with E-state index in [4.69, 9.17) is 11.6 Å². The molecule has 1 N–H and O–H groups in total. The minimum Gasteiger partial charge on any atom is -0.387 e. The molecule has 0 spiro atoms. The van der Waals surface area contributed by atoms with Crippen molar-refractivity contribution in [2.45, 2.75) is 26.4 Å². The van der Waals surface area contributed by atoms with Crippen LogP contribution in [0.4, 0.5) is 0 Å². The minimum atomic E-state index is -0.542. The predicted molar refractivity (Wildman–Crippen MR) is 59.2 cm³/mol. The quantitative estimate of drug-likeness (QED) is 0.741. The van der Waals surface area contributed by atoms with Crippen molar-refractivity contribution in [3.8, 4) is 11.8 Å². The van der Waals surface area contributed by atoms with Crippen LogP contribution in [0.1, 0.15) is 30.6 Å². The summed E-state index contributed by atoms with van der Waals surface area (Å²) in [7, 11) is 0. The summed E-state index contributed by atoms with van der Waals surface area (Å²) in [5.41, 5.74) is 1.88. The molecule has 1 aromatic rings. The average Bonchev–Trinajstić information content (AvgIpc) is 2.12. The second-order valence-corrected chi connectivity index (χ2v) is 3.65. The lowest BCUT2D eigenvalue weighted by molar-refractivity contribution is 0.184. The standard InChI is InChI=1S/C12H13ClO/c1-3-4-5-12(14)10-6-9(2)7-11(13)8-10/h6-8,12,14H,5H2,1-2H3. The highest BCUT2D eigenvalue weighted by molar-refractivity contribution is 6.30. The van der Waals surface area contributed by atoms with Crippen molar-refractivity contribution in [1.29, 1.82) is 0 Å². The Morgan fingerprint density at radius 1 is 1.43 bits per heavy atom. The largest absolute Gasteiger partial charge is 0.387 e. The van der Waals surface area contributed by atoms with Gasteiger partial charge in [-0.05, 0) is 37.1 Å². The van der Waals surface area contributed by atoms with Crippen LogP contribution < -0.4 is 0 Å². The average molecular weight is 209 g/mol. The molecule has 0 saturated carbocycles. The van der Waals surface area contributed by atoms with E-state index in [0.29, 0.717) is 11.4 Å². The van der Waals surface area contributed by atoms with Gasteiger partial charge in [-0.2, -0.15) is 0 Å². The van der Waals surface area contributed by atoms with E-state index >= 15 is 0 Å². The van der Waals surface area contributed by atoms with Gasteiger partial charge in [0.25, 0.3) is 0 Å². The van der Waals surface area contributed by atoms with E-state index in [1.54, 1.807) is 13.0 Å². The normalized spacial score (nSPS) is 11.7. The van der Waals surface area contributed by atoms with Gasteiger partial charge in [0.05, 0.1) is 6.10 Å². The van der Waals surface area contributed by atoms with Crippen molar-refractivity contribution in [2.24, 2.45) is 0 Å². The lowest BCUT2D eigenvalue weighted by Crippen LogP contribution is -1.96. The number of aliphatic hydroxyl groups is 1. The van der Waals surface area contributed by atoms with Crippen molar-refractivity contribution < 1.29 is 5.11 Å².